The van der Waals surface area contributed by atoms with Crippen LogP contribution in [0.15, 0.2) is 29.0 Å². The van der Waals surface area contributed by atoms with E-state index in [-0.39, 0.29) is 0 Å². The highest BCUT2D eigenvalue weighted by molar-refractivity contribution is 9.10. The Morgan fingerprint density at radius 3 is 2.89 bits per heavy atom. The van der Waals surface area contributed by atoms with Crippen LogP contribution < -0.4 is 4.90 Å². The molecule has 0 amide bonds. The average molecular weight is 306 g/mol. The molecule has 3 rings (SSSR count). The highest BCUT2D eigenvalue weighted by atomic mass is 79.9. The Balaban J connectivity index is 2.12. The molecular weight excluding hydrogens is 290 g/mol. The molecule has 0 spiro atoms. The van der Waals surface area contributed by atoms with Gasteiger partial charge in [-0.3, -0.25) is 9.97 Å². The molecule has 1 aliphatic heterocycles. The first-order valence-corrected chi connectivity index (χ1v) is 7.11. The number of anilines is 1. The first-order valence-electron chi connectivity index (χ1n) is 6.32. The fourth-order valence-electron chi connectivity index (χ4n) is 2.86. The van der Waals surface area contributed by atoms with Gasteiger partial charge in [-0.05, 0) is 47.3 Å². The molecule has 4 heteroatoms. The van der Waals surface area contributed by atoms with Crippen molar-refractivity contribution in [1.29, 1.82) is 0 Å². The second-order valence-electron chi connectivity index (χ2n) is 5.19. The maximum absolute atomic E-state index is 4.53. The minimum atomic E-state index is 0.580. The third-order valence-electron chi connectivity index (χ3n) is 3.62. The van der Waals surface area contributed by atoms with Gasteiger partial charge in [-0.25, -0.2) is 0 Å². The van der Waals surface area contributed by atoms with Gasteiger partial charge < -0.3 is 4.90 Å². The lowest BCUT2D eigenvalue weighted by atomic mass is 10.1. The van der Waals surface area contributed by atoms with Crippen LogP contribution in [0.5, 0.6) is 0 Å². The van der Waals surface area contributed by atoms with E-state index in [1.165, 1.54) is 12.1 Å². The monoisotopic (exact) mass is 305 g/mol. The van der Waals surface area contributed by atoms with Crippen LogP contribution in [0.25, 0.3) is 11.0 Å². The van der Waals surface area contributed by atoms with Crippen molar-refractivity contribution in [2.24, 2.45) is 5.92 Å². The summed E-state index contributed by atoms with van der Waals surface area (Å²) in [6.07, 6.45) is 4.97. The molecule has 94 valence electrons. The maximum Gasteiger partial charge on any atom is 0.112 e. The smallest absolute Gasteiger partial charge is 0.112 e. The molecular formula is C14H16BrN3. The summed E-state index contributed by atoms with van der Waals surface area (Å²) < 4.78 is 0.975. The van der Waals surface area contributed by atoms with Crippen molar-refractivity contribution in [3.05, 3.63) is 29.0 Å². The summed E-state index contributed by atoms with van der Waals surface area (Å²) in [6.45, 7) is 5.70. The maximum atomic E-state index is 4.53. The number of hydrogen-bond donors (Lipinski definition) is 0. The number of hydrogen-bond acceptors (Lipinski definition) is 3. The van der Waals surface area contributed by atoms with Crippen molar-refractivity contribution < 1.29 is 0 Å². The van der Waals surface area contributed by atoms with Gasteiger partial charge in [-0.15, -0.1) is 0 Å². The summed E-state index contributed by atoms with van der Waals surface area (Å²) >= 11 is 3.45. The molecule has 1 aliphatic rings. The molecule has 0 aliphatic carbocycles. The van der Waals surface area contributed by atoms with Gasteiger partial charge in [0.1, 0.15) is 5.52 Å². The summed E-state index contributed by atoms with van der Waals surface area (Å²) in [5.74, 6) is 0.749. The van der Waals surface area contributed by atoms with E-state index < -0.39 is 0 Å². The lowest BCUT2D eigenvalue weighted by Crippen LogP contribution is -2.27. The molecule has 3 nitrogen and oxygen atoms in total. The molecule has 1 saturated heterocycles. The first kappa shape index (κ1) is 11.9. The van der Waals surface area contributed by atoms with Crippen molar-refractivity contribution in [3.63, 3.8) is 0 Å². The minimum absolute atomic E-state index is 0.580. The lowest BCUT2D eigenvalue weighted by Gasteiger charge is -2.24. The Hall–Kier alpha value is -1.16. The van der Waals surface area contributed by atoms with Gasteiger partial charge in [-0.2, -0.15) is 0 Å². The predicted octanol–water partition coefficient (Wildman–Crippen LogP) is 3.63. The minimum Gasteiger partial charge on any atom is -0.367 e. The Morgan fingerprint density at radius 1 is 1.33 bits per heavy atom. The summed E-state index contributed by atoms with van der Waals surface area (Å²) in [4.78, 5) is 11.4. The zero-order chi connectivity index (χ0) is 12.7. The molecule has 0 bridgehead atoms. The van der Waals surface area contributed by atoms with Gasteiger partial charge in [0, 0.05) is 29.5 Å². The standard InChI is InChI=1S/C14H16BrN3/c1-9-5-10(2)18(8-9)13-3-4-16-12-6-11(15)7-17-14(12)13/h3-4,6-7,9-10H,5,8H2,1-2H3. The first-order chi connectivity index (χ1) is 8.65. The van der Waals surface area contributed by atoms with Crippen LogP contribution in [-0.2, 0) is 0 Å². The van der Waals surface area contributed by atoms with Gasteiger partial charge >= 0.3 is 0 Å². The van der Waals surface area contributed by atoms with Crippen LogP contribution in [0.2, 0.25) is 0 Å². The number of fused-ring (bicyclic) bond motifs is 1. The fourth-order valence-corrected chi connectivity index (χ4v) is 3.18. The molecule has 1 fully saturated rings. The predicted molar refractivity (Wildman–Crippen MR) is 77.8 cm³/mol. The molecule has 0 saturated carbocycles. The number of halogens is 1. The second-order valence-corrected chi connectivity index (χ2v) is 6.11. The van der Waals surface area contributed by atoms with E-state index in [9.17, 15) is 0 Å². The van der Waals surface area contributed by atoms with Crippen LogP contribution in [0.4, 0.5) is 5.69 Å². The highest BCUT2D eigenvalue weighted by Gasteiger charge is 2.27. The van der Waals surface area contributed by atoms with Crippen LogP contribution >= 0.6 is 15.9 Å². The molecule has 0 aromatic carbocycles. The molecule has 2 aromatic rings. The van der Waals surface area contributed by atoms with Crippen molar-refractivity contribution in [2.45, 2.75) is 26.3 Å². The molecule has 2 atom stereocenters. The zero-order valence-electron chi connectivity index (χ0n) is 10.6. The van der Waals surface area contributed by atoms with Crippen molar-refractivity contribution in [3.8, 4) is 0 Å². The van der Waals surface area contributed by atoms with Crippen molar-refractivity contribution in [1.82, 2.24) is 9.97 Å². The summed E-state index contributed by atoms with van der Waals surface area (Å²) in [6, 6.07) is 4.68. The molecule has 2 aromatic heterocycles. The zero-order valence-corrected chi connectivity index (χ0v) is 12.2. The Bertz CT molecular complexity index is 584. The van der Waals surface area contributed by atoms with Gasteiger partial charge in [-0.1, -0.05) is 6.92 Å². The van der Waals surface area contributed by atoms with Gasteiger partial charge in [0.05, 0.1) is 11.2 Å². The van der Waals surface area contributed by atoms with E-state index in [2.05, 4.69) is 50.7 Å². The SMILES string of the molecule is CC1CC(C)N(c2ccnc3cc(Br)cnc23)C1. The van der Waals surface area contributed by atoms with E-state index >= 15 is 0 Å². The van der Waals surface area contributed by atoms with E-state index in [0.717, 1.165) is 28.0 Å². The molecule has 18 heavy (non-hydrogen) atoms. The number of pyridine rings is 2. The van der Waals surface area contributed by atoms with E-state index in [1.807, 2.05) is 18.5 Å². The Kier molecular flexibility index (Phi) is 2.98. The fraction of sp³-hybridized carbons (Fsp3) is 0.429. The van der Waals surface area contributed by atoms with Crippen LogP contribution in [-0.4, -0.2) is 22.6 Å². The number of aromatic nitrogens is 2. The van der Waals surface area contributed by atoms with Gasteiger partial charge in [0.15, 0.2) is 0 Å². The summed E-state index contributed by atoms with van der Waals surface area (Å²) in [7, 11) is 0. The highest BCUT2D eigenvalue weighted by Crippen LogP contribution is 2.32. The molecule has 3 heterocycles. The summed E-state index contributed by atoms with van der Waals surface area (Å²) in [5, 5.41) is 0. The number of rotatable bonds is 1. The third kappa shape index (κ3) is 1.99. The lowest BCUT2D eigenvalue weighted by molar-refractivity contribution is 0.625. The normalized spacial score (nSPS) is 23.8. The topological polar surface area (TPSA) is 29.0 Å². The Morgan fingerprint density at radius 2 is 2.17 bits per heavy atom. The largest absolute Gasteiger partial charge is 0.367 e. The molecule has 0 N–H and O–H groups in total. The van der Waals surface area contributed by atoms with Gasteiger partial charge in [0.25, 0.3) is 0 Å². The molecule has 0 radical (unpaired) electrons. The van der Waals surface area contributed by atoms with E-state index in [0.29, 0.717) is 6.04 Å². The third-order valence-corrected chi connectivity index (χ3v) is 4.05. The number of nitrogens with zero attached hydrogens (tertiary/aromatic N) is 3. The Labute approximate surface area is 115 Å². The van der Waals surface area contributed by atoms with Crippen LogP contribution in [0.3, 0.4) is 0 Å². The molecule has 2 unspecified atom stereocenters. The van der Waals surface area contributed by atoms with Crippen molar-refractivity contribution >= 4 is 32.7 Å². The second kappa shape index (κ2) is 4.50. The van der Waals surface area contributed by atoms with Crippen LogP contribution in [0, 0.1) is 5.92 Å². The van der Waals surface area contributed by atoms with Gasteiger partial charge in [0.2, 0.25) is 0 Å². The summed E-state index contributed by atoms with van der Waals surface area (Å²) in [5.41, 5.74) is 3.17. The van der Waals surface area contributed by atoms with E-state index in [4.69, 9.17) is 0 Å². The van der Waals surface area contributed by atoms with Crippen molar-refractivity contribution in [2.75, 3.05) is 11.4 Å². The van der Waals surface area contributed by atoms with E-state index in [1.54, 1.807) is 0 Å². The average Bonchev–Trinajstić information content (AvgIpc) is 2.67. The van der Waals surface area contributed by atoms with Crippen LogP contribution in [0.1, 0.15) is 20.3 Å². The quantitative estimate of drug-likeness (QED) is 0.805.